The number of hydrogen-bond donors (Lipinski definition) is 1. The lowest BCUT2D eigenvalue weighted by Crippen LogP contribution is -2.33. The molecule has 6 heteroatoms. The van der Waals surface area contributed by atoms with Gasteiger partial charge in [-0.2, -0.15) is 0 Å². The van der Waals surface area contributed by atoms with Crippen LogP contribution in [0.25, 0.3) is 11.0 Å². The van der Waals surface area contributed by atoms with Crippen LogP contribution in [0.4, 0.5) is 5.82 Å². The molecule has 3 aromatic rings. The van der Waals surface area contributed by atoms with Crippen molar-refractivity contribution in [2.75, 3.05) is 18.4 Å². The van der Waals surface area contributed by atoms with E-state index >= 15 is 0 Å². The van der Waals surface area contributed by atoms with Gasteiger partial charge in [-0.25, -0.2) is 4.98 Å². The molecule has 0 radical (unpaired) electrons. The molecule has 1 aromatic carbocycles. The van der Waals surface area contributed by atoms with Gasteiger partial charge in [-0.3, -0.25) is 19.7 Å². The number of aryl methyl sites for hydroxylation is 1. The van der Waals surface area contributed by atoms with Crippen molar-refractivity contribution in [1.29, 1.82) is 0 Å². The Balaban J connectivity index is 1.25. The van der Waals surface area contributed by atoms with Crippen molar-refractivity contribution in [2.24, 2.45) is 5.92 Å². The van der Waals surface area contributed by atoms with E-state index in [1.165, 1.54) is 37.3 Å². The van der Waals surface area contributed by atoms with Crippen LogP contribution < -0.4 is 5.32 Å². The highest BCUT2D eigenvalue weighted by Crippen LogP contribution is 2.24. The highest BCUT2D eigenvalue weighted by Gasteiger charge is 2.19. The standard InChI is InChI=1S/C23H27N5O/c1-17(29)27-23-15-19(6-9-26-23)3-2-18-7-12-28(13-8-18)16-20-4-5-21-22(14-20)25-11-10-24-21/h4-6,9-11,14-15,18H,2-3,7-8,12-13,16H2,1H3,(H,26,27,29). The third kappa shape index (κ3) is 5.35. The number of nitrogens with one attached hydrogen (secondary N) is 1. The van der Waals surface area contributed by atoms with E-state index in [1.54, 1.807) is 18.6 Å². The maximum Gasteiger partial charge on any atom is 0.222 e. The van der Waals surface area contributed by atoms with Crippen LogP contribution in [0.5, 0.6) is 0 Å². The molecule has 0 aliphatic carbocycles. The van der Waals surface area contributed by atoms with E-state index in [0.717, 1.165) is 43.0 Å². The lowest BCUT2D eigenvalue weighted by atomic mass is 9.90. The molecule has 3 heterocycles. The second-order valence-electron chi connectivity index (χ2n) is 7.87. The summed E-state index contributed by atoms with van der Waals surface area (Å²) in [6.45, 7) is 4.75. The number of amides is 1. The molecule has 0 spiro atoms. The minimum atomic E-state index is -0.0829. The summed E-state index contributed by atoms with van der Waals surface area (Å²) in [6.07, 6.45) is 9.94. The molecule has 0 bridgehead atoms. The van der Waals surface area contributed by atoms with Gasteiger partial charge in [0.25, 0.3) is 0 Å². The first-order chi connectivity index (χ1) is 14.2. The van der Waals surface area contributed by atoms with Crippen molar-refractivity contribution in [3.63, 3.8) is 0 Å². The van der Waals surface area contributed by atoms with Crippen molar-refractivity contribution in [3.8, 4) is 0 Å². The Bertz CT molecular complexity index is 982. The average molecular weight is 390 g/mol. The van der Waals surface area contributed by atoms with Crippen LogP contribution in [0.2, 0.25) is 0 Å². The molecule has 0 unspecified atom stereocenters. The van der Waals surface area contributed by atoms with Crippen molar-refractivity contribution >= 4 is 22.8 Å². The highest BCUT2D eigenvalue weighted by molar-refractivity contribution is 5.87. The minimum Gasteiger partial charge on any atom is -0.311 e. The summed E-state index contributed by atoms with van der Waals surface area (Å²) in [4.78, 5) is 26.7. The molecule has 0 saturated carbocycles. The van der Waals surface area contributed by atoms with Gasteiger partial charge in [0, 0.05) is 32.1 Å². The van der Waals surface area contributed by atoms with Gasteiger partial charge in [0.15, 0.2) is 0 Å². The summed E-state index contributed by atoms with van der Waals surface area (Å²) in [6, 6.07) is 10.4. The van der Waals surface area contributed by atoms with Crippen LogP contribution in [0, 0.1) is 5.92 Å². The summed E-state index contributed by atoms with van der Waals surface area (Å²) in [5, 5.41) is 2.76. The second-order valence-corrected chi connectivity index (χ2v) is 7.87. The van der Waals surface area contributed by atoms with E-state index in [-0.39, 0.29) is 5.91 Å². The predicted molar refractivity (Wildman–Crippen MR) is 114 cm³/mol. The number of anilines is 1. The smallest absolute Gasteiger partial charge is 0.222 e. The summed E-state index contributed by atoms with van der Waals surface area (Å²) < 4.78 is 0. The molecular weight excluding hydrogens is 362 g/mol. The molecule has 1 N–H and O–H groups in total. The highest BCUT2D eigenvalue weighted by atomic mass is 16.1. The number of pyridine rings is 1. The zero-order chi connectivity index (χ0) is 20.1. The van der Waals surface area contributed by atoms with E-state index in [9.17, 15) is 4.79 Å². The molecule has 0 atom stereocenters. The number of nitrogens with zero attached hydrogens (tertiary/aromatic N) is 4. The Hall–Kier alpha value is -2.86. The summed E-state index contributed by atoms with van der Waals surface area (Å²) in [5.74, 6) is 1.32. The summed E-state index contributed by atoms with van der Waals surface area (Å²) in [7, 11) is 0. The van der Waals surface area contributed by atoms with Crippen LogP contribution in [-0.2, 0) is 17.8 Å². The van der Waals surface area contributed by atoms with Crippen LogP contribution in [0.1, 0.15) is 37.3 Å². The summed E-state index contributed by atoms with van der Waals surface area (Å²) in [5.41, 5.74) is 4.46. The maximum atomic E-state index is 11.2. The van der Waals surface area contributed by atoms with Gasteiger partial charge < -0.3 is 5.32 Å². The first kappa shape index (κ1) is 19.5. The maximum absolute atomic E-state index is 11.2. The Labute approximate surface area is 171 Å². The van der Waals surface area contributed by atoms with Crippen LogP contribution in [0.15, 0.2) is 48.9 Å². The van der Waals surface area contributed by atoms with Gasteiger partial charge in [0.1, 0.15) is 5.82 Å². The Morgan fingerprint density at radius 2 is 1.79 bits per heavy atom. The number of carbonyl (C=O) groups is 1. The molecule has 1 saturated heterocycles. The van der Waals surface area contributed by atoms with E-state index in [4.69, 9.17) is 0 Å². The van der Waals surface area contributed by atoms with Gasteiger partial charge in [0.05, 0.1) is 11.0 Å². The summed E-state index contributed by atoms with van der Waals surface area (Å²) >= 11 is 0. The number of rotatable bonds is 6. The fraction of sp³-hybridized carbons (Fsp3) is 0.391. The fourth-order valence-electron chi connectivity index (χ4n) is 4.05. The third-order valence-electron chi connectivity index (χ3n) is 5.62. The molecule has 1 fully saturated rings. The second kappa shape index (κ2) is 9.09. The number of hydrogen-bond acceptors (Lipinski definition) is 5. The molecular formula is C23H27N5O. The zero-order valence-corrected chi connectivity index (χ0v) is 16.8. The number of likely N-dealkylation sites (tertiary alicyclic amines) is 1. The van der Waals surface area contributed by atoms with E-state index in [2.05, 4.69) is 43.4 Å². The predicted octanol–water partition coefficient (Wildman–Crippen LogP) is 3.83. The SMILES string of the molecule is CC(=O)Nc1cc(CCC2CCN(Cc3ccc4nccnc4c3)CC2)ccn1. The molecule has 2 aromatic heterocycles. The molecule has 150 valence electrons. The molecule has 29 heavy (non-hydrogen) atoms. The van der Waals surface area contributed by atoms with Crippen LogP contribution in [-0.4, -0.2) is 38.8 Å². The van der Waals surface area contributed by atoms with Crippen LogP contribution >= 0.6 is 0 Å². The quantitative estimate of drug-likeness (QED) is 0.694. The normalized spacial score (nSPS) is 15.5. The molecule has 6 nitrogen and oxygen atoms in total. The van der Waals surface area contributed by atoms with Crippen molar-refractivity contribution in [3.05, 3.63) is 60.0 Å². The van der Waals surface area contributed by atoms with Gasteiger partial charge in [0.2, 0.25) is 5.91 Å². The van der Waals surface area contributed by atoms with Gasteiger partial charge in [-0.15, -0.1) is 0 Å². The van der Waals surface area contributed by atoms with E-state index in [1.807, 2.05) is 12.1 Å². The third-order valence-corrected chi connectivity index (χ3v) is 5.62. The first-order valence-electron chi connectivity index (χ1n) is 10.3. The Morgan fingerprint density at radius 3 is 2.59 bits per heavy atom. The number of benzene rings is 1. The van der Waals surface area contributed by atoms with Gasteiger partial charge in [-0.1, -0.05) is 6.07 Å². The van der Waals surface area contributed by atoms with Gasteiger partial charge in [-0.05, 0) is 80.1 Å². The lowest BCUT2D eigenvalue weighted by molar-refractivity contribution is -0.114. The largest absolute Gasteiger partial charge is 0.311 e. The van der Waals surface area contributed by atoms with Crippen molar-refractivity contribution < 1.29 is 4.79 Å². The first-order valence-corrected chi connectivity index (χ1v) is 10.3. The fourth-order valence-corrected chi connectivity index (χ4v) is 4.05. The van der Waals surface area contributed by atoms with Crippen LogP contribution in [0.3, 0.4) is 0 Å². The van der Waals surface area contributed by atoms with Crippen molar-refractivity contribution in [1.82, 2.24) is 19.9 Å². The van der Waals surface area contributed by atoms with E-state index in [0.29, 0.717) is 5.82 Å². The zero-order valence-electron chi connectivity index (χ0n) is 16.8. The topological polar surface area (TPSA) is 71.0 Å². The number of aromatic nitrogens is 3. The average Bonchev–Trinajstić information content (AvgIpc) is 2.73. The number of fused-ring (bicyclic) bond motifs is 1. The molecule has 1 aliphatic rings. The Morgan fingerprint density at radius 1 is 1.00 bits per heavy atom. The van der Waals surface area contributed by atoms with Crippen molar-refractivity contribution in [2.45, 2.75) is 39.2 Å². The van der Waals surface area contributed by atoms with Gasteiger partial charge >= 0.3 is 0 Å². The number of carbonyl (C=O) groups excluding carboxylic acids is 1. The monoisotopic (exact) mass is 389 g/mol. The molecule has 1 amide bonds. The Kier molecular flexibility index (Phi) is 6.10. The van der Waals surface area contributed by atoms with E-state index < -0.39 is 0 Å². The lowest BCUT2D eigenvalue weighted by Gasteiger charge is -2.32. The molecule has 4 rings (SSSR count). The number of piperidine rings is 1. The minimum absolute atomic E-state index is 0.0829. The molecule has 1 aliphatic heterocycles.